The first-order chi connectivity index (χ1) is 16.7. The van der Waals surface area contributed by atoms with Crippen molar-refractivity contribution < 1.29 is 14.3 Å². The van der Waals surface area contributed by atoms with E-state index in [0.29, 0.717) is 39.9 Å². The summed E-state index contributed by atoms with van der Waals surface area (Å²) < 4.78 is 14.6. The molecule has 0 saturated carbocycles. The van der Waals surface area contributed by atoms with Crippen LogP contribution in [0.25, 0.3) is 11.6 Å². The van der Waals surface area contributed by atoms with Crippen LogP contribution in [-0.4, -0.2) is 37.1 Å². The van der Waals surface area contributed by atoms with Gasteiger partial charge in [0, 0.05) is 12.0 Å². The van der Waals surface area contributed by atoms with Gasteiger partial charge in [0.2, 0.25) is 0 Å². The van der Waals surface area contributed by atoms with Crippen molar-refractivity contribution in [3.63, 3.8) is 0 Å². The van der Waals surface area contributed by atoms with Gasteiger partial charge in [-0.15, -0.1) is 0 Å². The number of benzene rings is 1. The Morgan fingerprint density at radius 1 is 1.34 bits per heavy atom. The largest absolute Gasteiger partial charge is 0.497 e. The van der Waals surface area contributed by atoms with Crippen LogP contribution in [0.3, 0.4) is 0 Å². The molecule has 0 aliphatic heterocycles. The number of nitrogen functional groups attached to an aromatic ring is 1. The highest BCUT2D eigenvalue weighted by Gasteiger charge is 2.20. The standard InChI is InChI=1S/C25H30ClN5O3S/c1-6-19(34-5)10-9-15(2)23-21(16(3)35-31-23)24(32)30-25(28)29-14-17-12-18(8-7-11-33-4)22(27)20(26)13-17/h6-10,12-13H,2,11,14,27H2,1,3-5H3,(H3,28,29,30,32)/b8-7+,10-9-,19-6+. The monoisotopic (exact) mass is 515 g/mol. The van der Waals surface area contributed by atoms with Gasteiger partial charge in [-0.2, -0.15) is 4.37 Å². The molecule has 10 heteroatoms. The Kier molecular flexibility index (Phi) is 10.7. The fraction of sp³-hybridized carbons (Fsp3) is 0.240. The van der Waals surface area contributed by atoms with Crippen molar-refractivity contribution in [3.8, 4) is 0 Å². The van der Waals surface area contributed by atoms with E-state index in [2.05, 4.69) is 21.3 Å². The topological polar surface area (TPSA) is 125 Å². The minimum atomic E-state index is -0.418. The van der Waals surface area contributed by atoms with Crippen molar-refractivity contribution in [2.24, 2.45) is 10.7 Å². The molecule has 1 aromatic carbocycles. The molecule has 0 aliphatic carbocycles. The maximum Gasteiger partial charge on any atom is 0.261 e. The van der Waals surface area contributed by atoms with E-state index >= 15 is 0 Å². The number of allylic oxidation sites excluding steroid dienone is 4. The highest BCUT2D eigenvalue weighted by atomic mass is 35.5. The molecule has 0 aliphatic rings. The first-order valence-electron chi connectivity index (χ1n) is 10.6. The van der Waals surface area contributed by atoms with Crippen molar-refractivity contribution >= 4 is 52.3 Å². The van der Waals surface area contributed by atoms with E-state index in [1.54, 1.807) is 32.4 Å². The van der Waals surface area contributed by atoms with Crippen LogP contribution in [0.2, 0.25) is 5.02 Å². The minimum absolute atomic E-state index is 0.0345. The van der Waals surface area contributed by atoms with Crippen LogP contribution in [0.15, 0.2) is 53.8 Å². The number of nitrogens with one attached hydrogen (secondary N) is 1. The summed E-state index contributed by atoms with van der Waals surface area (Å²) in [5.41, 5.74) is 15.5. The molecule has 0 radical (unpaired) electrons. The minimum Gasteiger partial charge on any atom is -0.497 e. The third-order valence-corrected chi connectivity index (χ3v) is 5.88. The molecule has 1 amide bonds. The molecule has 5 N–H and O–H groups in total. The van der Waals surface area contributed by atoms with Gasteiger partial charge in [0.1, 0.15) is 5.76 Å². The number of nitrogens with zero attached hydrogens (tertiary/aromatic N) is 2. The predicted molar refractivity (Wildman–Crippen MR) is 145 cm³/mol. The summed E-state index contributed by atoms with van der Waals surface area (Å²) in [6.45, 7) is 8.33. The number of rotatable bonds is 10. The average Bonchev–Trinajstić information content (AvgIpc) is 3.22. The Hall–Kier alpha value is -3.40. The Morgan fingerprint density at radius 3 is 2.74 bits per heavy atom. The molecule has 0 fully saturated rings. The summed E-state index contributed by atoms with van der Waals surface area (Å²) in [5, 5.41) is 3.03. The molecule has 35 heavy (non-hydrogen) atoms. The lowest BCUT2D eigenvalue weighted by Gasteiger charge is -2.09. The highest BCUT2D eigenvalue weighted by molar-refractivity contribution is 7.06. The van der Waals surface area contributed by atoms with E-state index in [9.17, 15) is 4.79 Å². The van der Waals surface area contributed by atoms with Gasteiger partial charge in [0.15, 0.2) is 5.96 Å². The number of aromatic nitrogens is 1. The van der Waals surface area contributed by atoms with Crippen LogP contribution >= 0.6 is 23.1 Å². The van der Waals surface area contributed by atoms with E-state index in [-0.39, 0.29) is 12.5 Å². The zero-order chi connectivity index (χ0) is 26.0. The Labute approximate surface area is 214 Å². The van der Waals surface area contributed by atoms with Gasteiger partial charge in [-0.3, -0.25) is 10.1 Å². The molecule has 2 rings (SSSR count). The normalized spacial score (nSPS) is 12.5. The van der Waals surface area contributed by atoms with Gasteiger partial charge in [-0.05, 0) is 72.4 Å². The van der Waals surface area contributed by atoms with E-state index in [1.807, 2.05) is 38.1 Å². The van der Waals surface area contributed by atoms with Crippen LogP contribution in [0.1, 0.15) is 39.0 Å². The summed E-state index contributed by atoms with van der Waals surface area (Å²) >= 11 is 7.47. The quantitative estimate of drug-likeness (QED) is 0.138. The van der Waals surface area contributed by atoms with Crippen LogP contribution in [0.5, 0.6) is 0 Å². The number of methoxy groups -OCH3 is 2. The summed E-state index contributed by atoms with van der Waals surface area (Å²) in [6, 6.07) is 3.57. The molecule has 1 heterocycles. The van der Waals surface area contributed by atoms with E-state index in [1.165, 1.54) is 11.5 Å². The maximum atomic E-state index is 13.0. The summed E-state index contributed by atoms with van der Waals surface area (Å²) in [6.07, 6.45) is 8.96. The van der Waals surface area contributed by atoms with Gasteiger partial charge in [0.05, 0.1) is 42.2 Å². The third-order valence-electron chi connectivity index (χ3n) is 4.82. The average molecular weight is 516 g/mol. The van der Waals surface area contributed by atoms with Crippen LogP contribution in [0.4, 0.5) is 5.69 Å². The van der Waals surface area contributed by atoms with Gasteiger partial charge < -0.3 is 20.9 Å². The molecule has 186 valence electrons. The predicted octanol–water partition coefficient (Wildman–Crippen LogP) is 4.71. The number of ether oxygens (including phenoxy) is 2. The van der Waals surface area contributed by atoms with Crippen molar-refractivity contribution in [1.29, 1.82) is 0 Å². The second-order valence-electron chi connectivity index (χ2n) is 7.31. The fourth-order valence-corrected chi connectivity index (χ4v) is 3.96. The molecular weight excluding hydrogens is 486 g/mol. The molecule has 0 saturated heterocycles. The van der Waals surface area contributed by atoms with E-state index in [4.69, 9.17) is 32.5 Å². The second kappa shape index (κ2) is 13.5. The van der Waals surface area contributed by atoms with Crippen molar-refractivity contribution in [2.45, 2.75) is 20.4 Å². The number of guanidine groups is 1. The summed E-state index contributed by atoms with van der Waals surface area (Å²) in [4.78, 5) is 18.0. The number of halogens is 1. The highest BCUT2D eigenvalue weighted by Crippen LogP contribution is 2.27. The number of hydrogen-bond donors (Lipinski definition) is 3. The van der Waals surface area contributed by atoms with Crippen LogP contribution in [0, 0.1) is 6.92 Å². The van der Waals surface area contributed by atoms with Crippen LogP contribution in [-0.2, 0) is 16.0 Å². The van der Waals surface area contributed by atoms with Crippen molar-refractivity contribution in [1.82, 2.24) is 9.69 Å². The van der Waals surface area contributed by atoms with E-state index in [0.717, 1.165) is 16.0 Å². The lowest BCUT2D eigenvalue weighted by Crippen LogP contribution is -2.37. The zero-order valence-electron chi connectivity index (χ0n) is 20.2. The number of aliphatic imine (C=N–C) groups is 1. The molecule has 8 nitrogen and oxygen atoms in total. The maximum absolute atomic E-state index is 13.0. The number of nitrogens with two attached hydrogens (primary N) is 2. The molecule has 2 aromatic rings. The smallest absolute Gasteiger partial charge is 0.261 e. The van der Waals surface area contributed by atoms with Crippen LogP contribution < -0.4 is 16.8 Å². The number of hydrogen-bond acceptors (Lipinski definition) is 7. The van der Waals surface area contributed by atoms with Gasteiger partial charge in [0.25, 0.3) is 5.91 Å². The molecule has 0 atom stereocenters. The molecular formula is C25H30ClN5O3S. The lowest BCUT2D eigenvalue weighted by atomic mass is 10.1. The number of amides is 1. The number of anilines is 1. The first-order valence-corrected chi connectivity index (χ1v) is 11.8. The fourth-order valence-electron chi connectivity index (χ4n) is 3.00. The van der Waals surface area contributed by atoms with Crippen molar-refractivity contribution in [2.75, 3.05) is 26.6 Å². The molecule has 1 aromatic heterocycles. The zero-order valence-corrected chi connectivity index (χ0v) is 21.8. The van der Waals surface area contributed by atoms with E-state index < -0.39 is 5.91 Å². The molecule has 0 unspecified atom stereocenters. The van der Waals surface area contributed by atoms with Gasteiger partial charge >= 0.3 is 0 Å². The lowest BCUT2D eigenvalue weighted by molar-refractivity contribution is 0.0976. The van der Waals surface area contributed by atoms with Gasteiger partial charge in [-0.1, -0.05) is 30.3 Å². The summed E-state index contributed by atoms with van der Waals surface area (Å²) in [7, 11) is 3.18. The first kappa shape index (κ1) is 27.8. The molecule has 0 spiro atoms. The van der Waals surface area contributed by atoms with Gasteiger partial charge in [-0.25, -0.2) is 4.99 Å². The number of carbonyl (C=O) groups is 1. The number of carbonyl (C=O) groups excluding carboxylic acids is 1. The SMILES string of the molecule is C=C(/C=C\C(=C/C)OC)c1nsc(C)c1C(=O)NC(N)=NCc1cc(Cl)c(N)c(/C=C/COC)c1. The van der Waals surface area contributed by atoms with Crippen molar-refractivity contribution in [3.05, 3.63) is 81.1 Å². The number of aryl methyl sites for hydroxylation is 1. The Bertz CT molecular complexity index is 1200. The molecule has 0 bridgehead atoms. The summed E-state index contributed by atoms with van der Waals surface area (Å²) in [5.74, 6) is 0.215. The Balaban J connectivity index is 2.17. The second-order valence-corrected chi connectivity index (χ2v) is 8.69. The third kappa shape index (κ3) is 7.81. The Morgan fingerprint density at radius 2 is 2.09 bits per heavy atom.